The second kappa shape index (κ2) is 4.89. The highest BCUT2D eigenvalue weighted by Gasteiger charge is 2.52. The largest absolute Gasteiger partial charge is 0.396 e. The molecule has 3 rings (SSSR count). The molecule has 2 aliphatic rings. The zero-order valence-electron chi connectivity index (χ0n) is 11.5. The number of rotatable bonds is 1. The molecular weight excluding hydrogens is 254 g/mol. The highest BCUT2D eigenvalue weighted by Crippen LogP contribution is 2.45. The standard InChI is InChI=1S/C15H19N3O2/c16-11-6-5-9-17-13(11)18-12(19)10-15(14(18)20)7-3-1-2-4-8-15/h5-6,9H,1-4,7-8,10,16H2. The lowest BCUT2D eigenvalue weighted by atomic mass is 9.79. The Kier molecular flexibility index (Phi) is 3.20. The number of hydrogen-bond acceptors (Lipinski definition) is 4. The number of aromatic nitrogens is 1. The number of anilines is 2. The summed E-state index contributed by atoms with van der Waals surface area (Å²) in [6.45, 7) is 0. The fourth-order valence-electron chi connectivity index (χ4n) is 3.40. The lowest BCUT2D eigenvalue weighted by Gasteiger charge is -2.24. The molecule has 106 valence electrons. The molecule has 0 unspecified atom stereocenters. The Morgan fingerprint density at radius 3 is 2.50 bits per heavy atom. The van der Waals surface area contributed by atoms with Crippen LogP contribution in [0.1, 0.15) is 44.9 Å². The third-order valence-electron chi connectivity index (χ3n) is 4.49. The molecule has 5 nitrogen and oxygen atoms in total. The summed E-state index contributed by atoms with van der Waals surface area (Å²) in [5.41, 5.74) is 5.74. The van der Waals surface area contributed by atoms with E-state index >= 15 is 0 Å². The Morgan fingerprint density at radius 2 is 1.85 bits per heavy atom. The number of nitrogens with two attached hydrogens (primary N) is 1. The van der Waals surface area contributed by atoms with Gasteiger partial charge in [0.1, 0.15) is 0 Å². The predicted octanol–water partition coefficient (Wildman–Crippen LogP) is 2.27. The second-order valence-corrected chi connectivity index (χ2v) is 5.82. The van der Waals surface area contributed by atoms with Crippen LogP contribution in [0.25, 0.3) is 0 Å². The first kappa shape index (κ1) is 13.1. The molecule has 2 N–H and O–H groups in total. The van der Waals surface area contributed by atoms with Crippen LogP contribution < -0.4 is 10.6 Å². The van der Waals surface area contributed by atoms with Gasteiger partial charge in [-0.3, -0.25) is 9.59 Å². The molecule has 0 bridgehead atoms. The van der Waals surface area contributed by atoms with Crippen molar-refractivity contribution in [2.45, 2.75) is 44.9 Å². The summed E-state index contributed by atoms with van der Waals surface area (Å²) in [7, 11) is 0. The fraction of sp³-hybridized carbons (Fsp3) is 0.533. The Hall–Kier alpha value is -1.91. The van der Waals surface area contributed by atoms with Crippen LogP contribution in [0.2, 0.25) is 0 Å². The normalized spacial score (nSPS) is 22.3. The van der Waals surface area contributed by atoms with E-state index in [9.17, 15) is 9.59 Å². The van der Waals surface area contributed by atoms with Gasteiger partial charge in [-0.05, 0) is 25.0 Å². The Balaban J connectivity index is 1.96. The molecule has 2 heterocycles. The maximum atomic E-state index is 12.8. The van der Waals surface area contributed by atoms with Crippen LogP contribution in [0.15, 0.2) is 18.3 Å². The smallest absolute Gasteiger partial charge is 0.241 e. The van der Waals surface area contributed by atoms with Crippen LogP contribution in [0.3, 0.4) is 0 Å². The van der Waals surface area contributed by atoms with Crippen molar-refractivity contribution in [1.29, 1.82) is 0 Å². The maximum absolute atomic E-state index is 12.8. The van der Waals surface area contributed by atoms with Crippen molar-refractivity contribution in [1.82, 2.24) is 4.98 Å². The van der Waals surface area contributed by atoms with E-state index in [0.717, 1.165) is 38.5 Å². The van der Waals surface area contributed by atoms with Gasteiger partial charge in [0.25, 0.3) is 0 Å². The van der Waals surface area contributed by atoms with E-state index in [0.29, 0.717) is 17.9 Å². The van der Waals surface area contributed by atoms with Crippen molar-refractivity contribution in [3.63, 3.8) is 0 Å². The monoisotopic (exact) mass is 273 g/mol. The van der Waals surface area contributed by atoms with Crippen LogP contribution in [0.4, 0.5) is 11.5 Å². The molecule has 20 heavy (non-hydrogen) atoms. The third-order valence-corrected chi connectivity index (χ3v) is 4.49. The van der Waals surface area contributed by atoms with E-state index in [1.54, 1.807) is 18.3 Å². The summed E-state index contributed by atoms with van der Waals surface area (Å²) in [5.74, 6) is 0.0284. The van der Waals surface area contributed by atoms with Crippen LogP contribution in [0, 0.1) is 5.41 Å². The van der Waals surface area contributed by atoms with Crippen molar-refractivity contribution >= 4 is 23.3 Å². The van der Waals surface area contributed by atoms with E-state index in [1.807, 2.05) is 0 Å². The number of carbonyl (C=O) groups is 2. The molecule has 1 aromatic rings. The summed E-state index contributed by atoms with van der Waals surface area (Å²) < 4.78 is 0. The Bertz CT molecular complexity index is 548. The third kappa shape index (κ3) is 1.97. The van der Waals surface area contributed by atoms with E-state index in [4.69, 9.17) is 5.73 Å². The average Bonchev–Trinajstić information content (AvgIpc) is 2.60. The first-order chi connectivity index (χ1) is 9.64. The predicted molar refractivity (Wildman–Crippen MR) is 75.9 cm³/mol. The van der Waals surface area contributed by atoms with Crippen molar-refractivity contribution in [3.05, 3.63) is 18.3 Å². The molecule has 0 atom stereocenters. The molecular formula is C15H19N3O2. The van der Waals surface area contributed by atoms with E-state index < -0.39 is 5.41 Å². The van der Waals surface area contributed by atoms with Crippen molar-refractivity contribution in [2.24, 2.45) is 5.41 Å². The molecule has 1 aromatic heterocycles. The molecule has 1 saturated heterocycles. The molecule has 1 aliphatic heterocycles. The van der Waals surface area contributed by atoms with Crippen LogP contribution >= 0.6 is 0 Å². The fourth-order valence-corrected chi connectivity index (χ4v) is 3.40. The molecule has 1 aliphatic carbocycles. The lowest BCUT2D eigenvalue weighted by molar-refractivity contribution is -0.126. The van der Waals surface area contributed by atoms with Gasteiger partial charge < -0.3 is 5.73 Å². The number of hydrogen-bond donors (Lipinski definition) is 1. The summed E-state index contributed by atoms with van der Waals surface area (Å²) in [6.07, 6.45) is 7.81. The number of nitrogen functional groups attached to an aromatic ring is 1. The van der Waals surface area contributed by atoms with Crippen LogP contribution in [0.5, 0.6) is 0 Å². The van der Waals surface area contributed by atoms with E-state index in [-0.39, 0.29) is 11.8 Å². The SMILES string of the molecule is Nc1cccnc1N1C(=O)CC2(CCCCCC2)C1=O. The van der Waals surface area contributed by atoms with Gasteiger partial charge in [-0.1, -0.05) is 25.7 Å². The quantitative estimate of drug-likeness (QED) is 0.796. The zero-order valence-corrected chi connectivity index (χ0v) is 11.5. The van der Waals surface area contributed by atoms with Crippen molar-refractivity contribution in [3.8, 4) is 0 Å². The van der Waals surface area contributed by atoms with Gasteiger partial charge in [-0.15, -0.1) is 0 Å². The lowest BCUT2D eigenvalue weighted by Crippen LogP contribution is -2.36. The van der Waals surface area contributed by atoms with Gasteiger partial charge >= 0.3 is 0 Å². The Morgan fingerprint density at radius 1 is 1.15 bits per heavy atom. The number of carbonyl (C=O) groups excluding carboxylic acids is 2. The number of nitrogens with zero attached hydrogens (tertiary/aromatic N) is 2. The van der Waals surface area contributed by atoms with Crippen molar-refractivity contribution in [2.75, 3.05) is 10.6 Å². The zero-order chi connectivity index (χ0) is 14.2. The molecule has 5 heteroatoms. The van der Waals surface area contributed by atoms with Gasteiger partial charge in [0.05, 0.1) is 11.1 Å². The topological polar surface area (TPSA) is 76.3 Å². The minimum atomic E-state index is -0.502. The number of amides is 2. The average molecular weight is 273 g/mol. The second-order valence-electron chi connectivity index (χ2n) is 5.82. The molecule has 0 aromatic carbocycles. The summed E-state index contributed by atoms with van der Waals surface area (Å²) in [6, 6.07) is 3.37. The number of pyridine rings is 1. The van der Waals surface area contributed by atoms with Crippen LogP contribution in [-0.4, -0.2) is 16.8 Å². The molecule has 0 radical (unpaired) electrons. The van der Waals surface area contributed by atoms with E-state index in [2.05, 4.69) is 4.98 Å². The highest BCUT2D eigenvalue weighted by atomic mass is 16.2. The molecule has 2 fully saturated rings. The van der Waals surface area contributed by atoms with Crippen LogP contribution in [-0.2, 0) is 9.59 Å². The van der Waals surface area contributed by atoms with Gasteiger partial charge in [0.2, 0.25) is 11.8 Å². The minimum absolute atomic E-state index is 0.102. The molecule has 1 spiro atoms. The van der Waals surface area contributed by atoms with E-state index in [1.165, 1.54) is 4.90 Å². The Labute approximate surface area is 118 Å². The van der Waals surface area contributed by atoms with Gasteiger partial charge in [0.15, 0.2) is 5.82 Å². The maximum Gasteiger partial charge on any atom is 0.241 e. The number of imide groups is 1. The van der Waals surface area contributed by atoms with Gasteiger partial charge in [0, 0.05) is 12.6 Å². The van der Waals surface area contributed by atoms with Crippen molar-refractivity contribution < 1.29 is 9.59 Å². The van der Waals surface area contributed by atoms with Gasteiger partial charge in [-0.25, -0.2) is 9.88 Å². The molecule has 1 saturated carbocycles. The summed E-state index contributed by atoms with van der Waals surface area (Å²) >= 11 is 0. The summed E-state index contributed by atoms with van der Waals surface area (Å²) in [4.78, 5) is 30.5. The first-order valence-corrected chi connectivity index (χ1v) is 7.22. The highest BCUT2D eigenvalue weighted by molar-refractivity contribution is 6.23. The summed E-state index contributed by atoms with van der Waals surface area (Å²) in [5, 5.41) is 0. The molecule has 2 amide bonds. The first-order valence-electron chi connectivity index (χ1n) is 7.22. The minimum Gasteiger partial charge on any atom is -0.396 e. The van der Waals surface area contributed by atoms with Gasteiger partial charge in [-0.2, -0.15) is 0 Å².